The Morgan fingerprint density at radius 1 is 1.00 bits per heavy atom. The van der Waals surface area contributed by atoms with Crippen molar-refractivity contribution < 1.29 is 9.32 Å². The molecule has 0 bridgehead atoms. The van der Waals surface area contributed by atoms with Gasteiger partial charge in [-0.15, -0.1) is 11.3 Å². The van der Waals surface area contributed by atoms with Gasteiger partial charge in [-0.25, -0.2) is 4.79 Å². The summed E-state index contributed by atoms with van der Waals surface area (Å²) < 4.78 is 5.81. The van der Waals surface area contributed by atoms with Gasteiger partial charge in [-0.2, -0.15) is 4.98 Å². The van der Waals surface area contributed by atoms with Crippen LogP contribution in [0.1, 0.15) is 54.3 Å². The zero-order valence-corrected chi connectivity index (χ0v) is 20.9. The molecule has 2 amide bonds. The number of allylic oxidation sites excluding steroid dienone is 1. The van der Waals surface area contributed by atoms with Crippen LogP contribution in [-0.2, 0) is 19.4 Å². The molecule has 0 spiro atoms. The molecule has 6 nitrogen and oxygen atoms in total. The summed E-state index contributed by atoms with van der Waals surface area (Å²) in [7, 11) is 0. The van der Waals surface area contributed by atoms with Crippen LogP contribution in [-0.4, -0.2) is 21.1 Å². The first-order valence-electron chi connectivity index (χ1n) is 11.9. The first-order chi connectivity index (χ1) is 17.1. The van der Waals surface area contributed by atoms with E-state index in [0.29, 0.717) is 18.3 Å². The van der Waals surface area contributed by atoms with Crippen LogP contribution < -0.4 is 5.32 Å². The first-order valence-corrected chi connectivity index (χ1v) is 12.8. The van der Waals surface area contributed by atoms with E-state index in [1.54, 1.807) is 16.2 Å². The summed E-state index contributed by atoms with van der Waals surface area (Å²) in [6.45, 7) is 6.69. The quantitative estimate of drug-likeness (QED) is 0.320. The van der Waals surface area contributed by atoms with Crippen molar-refractivity contribution >= 4 is 22.9 Å². The topological polar surface area (TPSA) is 71.3 Å². The lowest BCUT2D eigenvalue weighted by molar-refractivity contribution is 0.203. The summed E-state index contributed by atoms with van der Waals surface area (Å²) in [6, 6.07) is 20.0. The van der Waals surface area contributed by atoms with Gasteiger partial charge in [-0.05, 0) is 47.9 Å². The number of carbonyl (C=O) groups is 1. The fraction of sp³-hybridized carbons (Fsp3) is 0.250. The molecule has 2 aromatic carbocycles. The van der Waals surface area contributed by atoms with E-state index in [-0.39, 0.29) is 12.1 Å². The number of carbonyl (C=O) groups excluding carboxylic acids is 1. The lowest BCUT2D eigenvalue weighted by atomic mass is 9.93. The molecule has 1 N–H and O–H groups in total. The van der Waals surface area contributed by atoms with Gasteiger partial charge in [0.2, 0.25) is 5.82 Å². The number of aryl methyl sites for hydroxylation is 2. The van der Waals surface area contributed by atoms with Crippen molar-refractivity contribution in [2.45, 2.75) is 46.2 Å². The Labute approximate surface area is 209 Å². The monoisotopic (exact) mass is 484 g/mol. The van der Waals surface area contributed by atoms with Crippen molar-refractivity contribution in [1.29, 1.82) is 0 Å². The molecule has 0 radical (unpaired) electrons. The fourth-order valence-corrected chi connectivity index (χ4v) is 5.04. The van der Waals surface area contributed by atoms with E-state index in [4.69, 9.17) is 9.51 Å². The molecule has 5 rings (SSSR count). The fourth-order valence-electron chi connectivity index (χ4n) is 4.34. The highest BCUT2D eigenvalue weighted by Crippen LogP contribution is 2.38. The number of nitrogens with one attached hydrogen (secondary N) is 1. The maximum absolute atomic E-state index is 13.2. The molecule has 0 aliphatic carbocycles. The number of hydrogen-bond acceptors (Lipinski definition) is 5. The molecule has 4 aromatic rings. The second-order valence-electron chi connectivity index (χ2n) is 8.62. The number of benzene rings is 2. The van der Waals surface area contributed by atoms with Crippen LogP contribution >= 0.6 is 11.3 Å². The van der Waals surface area contributed by atoms with Gasteiger partial charge in [0.15, 0.2) is 0 Å². The lowest BCUT2D eigenvalue weighted by Crippen LogP contribution is -2.45. The predicted molar refractivity (Wildman–Crippen MR) is 139 cm³/mol. The standard InChI is InChI=1S/C28H28N4O2S/c1-4-19-8-12-21(13-9-19)25-24(18(3)32(28(33)29-25)17-23-7-6-16-35-23)27-30-26(31-34-27)22-14-10-20(5-2)11-15-22/h6-16,25H,4-5,17H2,1-3H3,(H,29,33). The summed E-state index contributed by atoms with van der Waals surface area (Å²) in [4.78, 5) is 20.8. The smallest absolute Gasteiger partial charge is 0.322 e. The summed E-state index contributed by atoms with van der Waals surface area (Å²) >= 11 is 1.63. The Morgan fingerprint density at radius 2 is 1.69 bits per heavy atom. The van der Waals surface area contributed by atoms with Gasteiger partial charge < -0.3 is 9.84 Å². The van der Waals surface area contributed by atoms with E-state index in [9.17, 15) is 4.79 Å². The molecule has 1 aliphatic rings. The zero-order valence-electron chi connectivity index (χ0n) is 20.1. The van der Waals surface area contributed by atoms with Crippen LogP contribution in [0.25, 0.3) is 17.0 Å². The summed E-state index contributed by atoms with van der Waals surface area (Å²) in [5, 5.41) is 9.48. The molecule has 0 saturated carbocycles. The summed E-state index contributed by atoms with van der Waals surface area (Å²) in [5.41, 5.74) is 6.00. The van der Waals surface area contributed by atoms with Crippen molar-refractivity contribution in [2.75, 3.05) is 0 Å². The minimum Gasteiger partial charge on any atom is -0.334 e. The van der Waals surface area contributed by atoms with Gasteiger partial charge in [0.05, 0.1) is 18.2 Å². The van der Waals surface area contributed by atoms with Crippen molar-refractivity contribution in [3.63, 3.8) is 0 Å². The first kappa shape index (κ1) is 23.1. The Kier molecular flexibility index (Phi) is 6.51. The number of rotatable bonds is 7. The third kappa shape index (κ3) is 4.64. The normalized spacial score (nSPS) is 16.0. The van der Waals surface area contributed by atoms with Gasteiger partial charge in [-0.1, -0.05) is 73.6 Å². The van der Waals surface area contributed by atoms with Crippen LogP contribution in [0, 0.1) is 0 Å². The molecular formula is C28H28N4O2S. The van der Waals surface area contributed by atoms with Crippen molar-refractivity contribution in [1.82, 2.24) is 20.4 Å². The summed E-state index contributed by atoms with van der Waals surface area (Å²) in [5.74, 6) is 0.947. The van der Waals surface area contributed by atoms with Gasteiger partial charge in [0.1, 0.15) is 0 Å². The van der Waals surface area contributed by atoms with Gasteiger partial charge in [0.25, 0.3) is 5.89 Å². The van der Waals surface area contributed by atoms with Crippen LogP contribution in [0.2, 0.25) is 0 Å². The average Bonchev–Trinajstić information content (AvgIpc) is 3.59. The van der Waals surface area contributed by atoms with E-state index in [2.05, 4.69) is 60.7 Å². The predicted octanol–water partition coefficient (Wildman–Crippen LogP) is 6.62. The van der Waals surface area contributed by atoms with Crippen LogP contribution in [0.4, 0.5) is 4.79 Å². The maximum atomic E-state index is 13.2. The molecular weight excluding hydrogens is 456 g/mol. The van der Waals surface area contributed by atoms with Crippen molar-refractivity contribution in [3.8, 4) is 11.4 Å². The minimum atomic E-state index is -0.385. The third-order valence-electron chi connectivity index (χ3n) is 6.49. The molecule has 0 saturated heterocycles. The van der Waals surface area contributed by atoms with Crippen LogP contribution in [0.15, 0.2) is 76.3 Å². The molecule has 3 heterocycles. The van der Waals surface area contributed by atoms with E-state index >= 15 is 0 Å². The number of thiophene rings is 1. The third-order valence-corrected chi connectivity index (χ3v) is 7.35. The SMILES string of the molecule is CCc1ccc(-c2noc(C3=C(C)N(Cc4cccs4)C(=O)NC3c3ccc(CC)cc3)n2)cc1. The lowest BCUT2D eigenvalue weighted by Gasteiger charge is -2.35. The average molecular weight is 485 g/mol. The van der Waals surface area contributed by atoms with Crippen molar-refractivity contribution in [3.05, 3.63) is 99.2 Å². The Morgan fingerprint density at radius 3 is 2.31 bits per heavy atom. The van der Waals surface area contributed by atoms with Crippen LogP contribution in [0.3, 0.4) is 0 Å². The molecule has 1 aliphatic heterocycles. The minimum absolute atomic E-state index is 0.140. The van der Waals surface area contributed by atoms with Crippen LogP contribution in [0.5, 0.6) is 0 Å². The highest BCUT2D eigenvalue weighted by Gasteiger charge is 2.35. The molecule has 1 atom stereocenters. The zero-order chi connectivity index (χ0) is 24.4. The molecule has 1 unspecified atom stereocenters. The largest absolute Gasteiger partial charge is 0.334 e. The number of nitrogens with zero attached hydrogens (tertiary/aromatic N) is 3. The second kappa shape index (κ2) is 9.88. The highest BCUT2D eigenvalue weighted by molar-refractivity contribution is 7.09. The highest BCUT2D eigenvalue weighted by atomic mass is 32.1. The van der Waals surface area contributed by atoms with Crippen molar-refractivity contribution in [2.24, 2.45) is 0 Å². The van der Waals surface area contributed by atoms with E-state index < -0.39 is 0 Å². The Bertz CT molecular complexity index is 1340. The number of amides is 2. The van der Waals surface area contributed by atoms with E-state index in [1.807, 2.05) is 36.6 Å². The summed E-state index contributed by atoms with van der Waals surface area (Å²) in [6.07, 6.45) is 1.93. The molecule has 2 aromatic heterocycles. The Balaban J connectivity index is 1.57. The van der Waals surface area contributed by atoms with E-state index in [1.165, 1.54) is 11.1 Å². The number of urea groups is 1. The van der Waals surface area contributed by atoms with E-state index in [0.717, 1.165) is 40.1 Å². The Hall–Kier alpha value is -3.71. The molecule has 178 valence electrons. The second-order valence-corrected chi connectivity index (χ2v) is 9.65. The number of aromatic nitrogens is 2. The maximum Gasteiger partial charge on any atom is 0.322 e. The van der Waals surface area contributed by atoms with Gasteiger partial charge >= 0.3 is 6.03 Å². The molecule has 7 heteroatoms. The molecule has 0 fully saturated rings. The van der Waals surface area contributed by atoms with Gasteiger partial charge in [-0.3, -0.25) is 4.90 Å². The van der Waals surface area contributed by atoms with Gasteiger partial charge in [0, 0.05) is 16.1 Å². The molecule has 35 heavy (non-hydrogen) atoms. The number of hydrogen-bond donors (Lipinski definition) is 1.